The summed E-state index contributed by atoms with van der Waals surface area (Å²) in [6.07, 6.45) is 1.73. The Balaban J connectivity index is 0.00000112. The van der Waals surface area contributed by atoms with E-state index in [0.717, 1.165) is 11.3 Å². The summed E-state index contributed by atoms with van der Waals surface area (Å²) in [6, 6.07) is 15.5. The summed E-state index contributed by atoms with van der Waals surface area (Å²) in [5.41, 5.74) is 6.46. The maximum absolute atomic E-state index is 4.83. The Hall–Kier alpha value is -0.947. The molecular formula is C14H15Cl2N4ORhS-. The van der Waals surface area contributed by atoms with Crippen LogP contribution in [0.15, 0.2) is 59.8 Å². The third-order valence-electron chi connectivity index (χ3n) is 2.42. The van der Waals surface area contributed by atoms with Crippen molar-refractivity contribution in [2.24, 2.45) is 5.10 Å². The van der Waals surface area contributed by atoms with Gasteiger partial charge >= 0.3 is 34.5 Å². The molecule has 9 heteroatoms. The average Bonchev–Trinajstić information content (AvgIpc) is 2.57. The van der Waals surface area contributed by atoms with Crippen molar-refractivity contribution in [1.82, 2.24) is 10.3 Å². The van der Waals surface area contributed by atoms with Gasteiger partial charge in [0.15, 0.2) is 17.3 Å². The zero-order chi connectivity index (χ0) is 16.2. The maximum Gasteiger partial charge on any atom is -0.870 e. The number of thiol groups is 1. The summed E-state index contributed by atoms with van der Waals surface area (Å²) in [5, 5.41) is 7.50. The van der Waals surface area contributed by atoms with Crippen LogP contribution in [0.4, 0.5) is 0 Å². The van der Waals surface area contributed by atoms with Crippen LogP contribution in [0.3, 0.4) is 0 Å². The number of rotatable bonds is 3. The first-order valence-electron chi connectivity index (χ1n) is 6.05. The number of aromatic nitrogens is 1. The number of hydrogen-bond acceptors (Lipinski definition) is 3. The molecule has 0 radical (unpaired) electrons. The molecule has 0 fully saturated rings. The largest absolute Gasteiger partial charge is 0.870 e. The van der Waals surface area contributed by atoms with Gasteiger partial charge < -0.3 is 16.0 Å². The van der Waals surface area contributed by atoms with Crippen molar-refractivity contribution in [3.63, 3.8) is 0 Å². The number of halogens is 2. The van der Waals surface area contributed by atoms with Gasteiger partial charge in [0.2, 0.25) is 0 Å². The summed E-state index contributed by atoms with van der Waals surface area (Å²) >= 11 is 3.92. The van der Waals surface area contributed by atoms with Crippen LogP contribution in [0.5, 0.6) is 0 Å². The Morgan fingerprint density at radius 3 is 2.30 bits per heavy atom. The second kappa shape index (κ2) is 13.5. The smallest absolute Gasteiger partial charge is 0.870 e. The fraction of sp³-hybridized carbons (Fsp3) is 0.0714. The molecule has 0 aliphatic carbocycles. The van der Waals surface area contributed by atoms with Crippen LogP contribution >= 0.6 is 19.4 Å². The van der Waals surface area contributed by atoms with E-state index < -0.39 is 0 Å². The van der Waals surface area contributed by atoms with Gasteiger partial charge in [-0.15, -0.1) is 0 Å². The van der Waals surface area contributed by atoms with Gasteiger partial charge in [-0.25, -0.2) is 0 Å². The number of nitrogens with zero attached hydrogens (tertiary/aromatic N) is 3. The third kappa shape index (κ3) is 8.46. The molecule has 0 atom stereocenters. The molecule has 0 amide bonds. The van der Waals surface area contributed by atoms with Gasteiger partial charge in [-0.2, -0.15) is 0 Å². The van der Waals surface area contributed by atoms with Crippen molar-refractivity contribution in [2.75, 3.05) is 7.05 Å². The van der Waals surface area contributed by atoms with Crippen molar-refractivity contribution >= 4 is 42.4 Å². The molecule has 2 N–H and O–H groups in total. The summed E-state index contributed by atoms with van der Waals surface area (Å²) in [5.74, 6) is 0. The molecule has 0 aliphatic rings. The van der Waals surface area contributed by atoms with E-state index in [0.29, 0.717) is 10.8 Å². The Bertz CT molecular complexity index is 561. The van der Waals surface area contributed by atoms with Crippen LogP contribution in [0.1, 0.15) is 11.3 Å². The minimum Gasteiger partial charge on any atom is -0.870 e. The van der Waals surface area contributed by atoms with Crippen LogP contribution in [-0.2, 0) is 27.4 Å². The summed E-state index contributed by atoms with van der Waals surface area (Å²) < 4.78 is 0. The quantitative estimate of drug-likeness (QED) is 0.191. The average molecular weight is 461 g/mol. The number of pyridine rings is 1. The molecule has 0 spiro atoms. The summed E-state index contributed by atoms with van der Waals surface area (Å²) in [7, 11) is 11.4. The normalized spacial score (nSPS) is 10.1. The Morgan fingerprint density at radius 2 is 1.78 bits per heavy atom. The van der Waals surface area contributed by atoms with Crippen molar-refractivity contribution in [3.05, 3.63) is 71.4 Å². The van der Waals surface area contributed by atoms with Crippen molar-refractivity contribution in [3.8, 4) is 0 Å². The predicted molar refractivity (Wildman–Crippen MR) is 96.1 cm³/mol. The topological polar surface area (TPSA) is 81.4 Å². The van der Waals surface area contributed by atoms with E-state index in [4.69, 9.17) is 19.4 Å². The second-order valence-electron chi connectivity index (χ2n) is 3.75. The molecule has 1 aromatic heterocycles. The summed E-state index contributed by atoms with van der Waals surface area (Å²) in [4.78, 5) is 4.31. The maximum atomic E-state index is 4.83. The van der Waals surface area contributed by atoms with E-state index in [1.54, 1.807) is 13.2 Å². The second-order valence-corrected chi connectivity index (χ2v) is 6.66. The van der Waals surface area contributed by atoms with Crippen molar-refractivity contribution < 1.29 is 20.6 Å². The molecule has 0 saturated heterocycles. The predicted octanol–water partition coefficient (Wildman–Crippen LogP) is 2.99. The molecular weight excluding hydrogens is 446 g/mol. The van der Waals surface area contributed by atoms with Crippen LogP contribution < -0.4 is 5.32 Å². The van der Waals surface area contributed by atoms with E-state index in [2.05, 4.69) is 33.0 Å². The SMILES string of the molecule is CNC(=[SH+])[N-]N=C(c1ccccc1)c1ccccn1.[Cl][Rh][Cl].[OH-]. The van der Waals surface area contributed by atoms with Crippen molar-refractivity contribution in [2.45, 2.75) is 0 Å². The standard InChI is InChI=1S/C14H14N4S.2ClH.H2O.Rh/c1-15-14(19)18-17-13(11-7-3-2-4-8-11)12-9-5-6-10-16-12;;;;/h2-10H,1H3,(H2,15,16,18,19);2*1H;1H2;/q;;;;+2/p-3. The molecule has 127 valence electrons. The van der Waals surface area contributed by atoms with E-state index in [9.17, 15) is 0 Å². The van der Waals surface area contributed by atoms with Crippen LogP contribution in [-0.4, -0.2) is 28.3 Å². The van der Waals surface area contributed by atoms with Gasteiger partial charge in [0.1, 0.15) is 0 Å². The van der Waals surface area contributed by atoms with Gasteiger partial charge in [0.05, 0.1) is 11.4 Å². The molecule has 2 rings (SSSR count). The Kier molecular flexibility index (Phi) is 12.9. The first kappa shape index (κ1) is 22.1. The Morgan fingerprint density at radius 1 is 1.17 bits per heavy atom. The zero-order valence-corrected chi connectivity index (χ0v) is 16.1. The molecule has 0 aliphatic heterocycles. The van der Waals surface area contributed by atoms with E-state index in [1.165, 1.54) is 0 Å². The minimum atomic E-state index is -0.226. The first-order valence-corrected chi connectivity index (χ1v) is 10.7. The molecule has 5 nitrogen and oxygen atoms in total. The molecule has 1 aromatic carbocycles. The van der Waals surface area contributed by atoms with Crippen LogP contribution in [0.25, 0.3) is 5.43 Å². The third-order valence-corrected chi connectivity index (χ3v) is 2.74. The van der Waals surface area contributed by atoms with Crippen molar-refractivity contribution in [1.29, 1.82) is 0 Å². The minimum absolute atomic E-state index is 0. The molecule has 0 bridgehead atoms. The zero-order valence-electron chi connectivity index (χ0n) is 12.0. The summed E-state index contributed by atoms with van der Waals surface area (Å²) in [6.45, 7) is 0. The fourth-order valence-corrected chi connectivity index (χ4v) is 1.55. The Labute approximate surface area is 156 Å². The number of nitrogens with one attached hydrogen (secondary N) is 1. The number of benzene rings is 1. The fourth-order valence-electron chi connectivity index (χ4n) is 1.50. The van der Waals surface area contributed by atoms with Gasteiger partial charge in [0, 0.05) is 11.8 Å². The van der Waals surface area contributed by atoms with Gasteiger partial charge in [0.25, 0.3) is 0 Å². The van der Waals surface area contributed by atoms with E-state index in [-0.39, 0.29) is 20.6 Å². The molecule has 23 heavy (non-hydrogen) atoms. The molecule has 0 saturated carbocycles. The van der Waals surface area contributed by atoms with Gasteiger partial charge in [-0.05, 0) is 19.2 Å². The van der Waals surface area contributed by atoms with Crippen LogP contribution in [0, 0.1) is 0 Å². The molecule has 2 aromatic rings. The monoisotopic (exact) mass is 460 g/mol. The van der Waals surface area contributed by atoms with Crippen LogP contribution in [0.2, 0.25) is 0 Å². The molecule has 0 unspecified atom stereocenters. The first-order chi connectivity index (χ1) is 10.7. The van der Waals surface area contributed by atoms with Gasteiger partial charge in [-0.3, -0.25) is 10.3 Å². The number of hydrogen-bond donors (Lipinski definition) is 1. The molecule has 1 heterocycles. The van der Waals surface area contributed by atoms with Gasteiger partial charge in [-0.1, -0.05) is 36.4 Å². The van der Waals surface area contributed by atoms with E-state index in [1.807, 2.05) is 48.5 Å². The van der Waals surface area contributed by atoms with E-state index >= 15 is 0 Å².